The number of nitrogens with one attached hydrogen (secondary N) is 2. The number of nitrogens with two attached hydrogens (primary N) is 1. The third-order valence-electron chi connectivity index (χ3n) is 6.13. The molecule has 1 saturated heterocycles. The molecule has 7 nitrogen and oxygen atoms in total. The van der Waals surface area contributed by atoms with Crippen LogP contribution < -0.4 is 16.4 Å². The van der Waals surface area contributed by atoms with E-state index in [0.29, 0.717) is 37.0 Å². The highest BCUT2D eigenvalue weighted by molar-refractivity contribution is 6.05. The van der Waals surface area contributed by atoms with E-state index in [-0.39, 0.29) is 24.1 Å². The van der Waals surface area contributed by atoms with Crippen LogP contribution in [0.2, 0.25) is 0 Å². The van der Waals surface area contributed by atoms with E-state index >= 15 is 0 Å². The first-order valence-electron chi connectivity index (χ1n) is 9.75. The maximum atomic E-state index is 12.8. The zero-order chi connectivity index (χ0) is 19.0. The predicted octanol–water partition coefficient (Wildman–Crippen LogP) is 0.665. The van der Waals surface area contributed by atoms with Crippen LogP contribution in [0.15, 0.2) is 18.2 Å². The molecule has 1 aliphatic carbocycles. The van der Waals surface area contributed by atoms with Crippen LogP contribution in [0, 0.1) is 5.92 Å². The van der Waals surface area contributed by atoms with Gasteiger partial charge in [0.15, 0.2) is 0 Å². The fraction of sp³-hybridized carbons (Fsp3) is 0.550. The van der Waals surface area contributed by atoms with Gasteiger partial charge in [0.25, 0.3) is 5.91 Å². The summed E-state index contributed by atoms with van der Waals surface area (Å²) in [6.45, 7) is 1.88. The van der Waals surface area contributed by atoms with E-state index in [1.807, 2.05) is 18.2 Å². The Balaban J connectivity index is 1.46. The molecule has 0 radical (unpaired) electrons. The highest BCUT2D eigenvalue weighted by Gasteiger charge is 2.39. The summed E-state index contributed by atoms with van der Waals surface area (Å²) >= 11 is 0. The van der Waals surface area contributed by atoms with E-state index in [2.05, 4.69) is 10.6 Å². The smallest absolute Gasteiger partial charge is 0.255 e. The molecule has 4 rings (SSSR count). The number of piperidine rings is 1. The minimum atomic E-state index is -0.566. The number of fused-ring (bicyclic) bond motifs is 1. The largest absolute Gasteiger partial charge is 0.330 e. The van der Waals surface area contributed by atoms with Crippen molar-refractivity contribution in [2.75, 3.05) is 6.54 Å². The van der Waals surface area contributed by atoms with Crippen LogP contribution in [0.5, 0.6) is 0 Å². The predicted molar refractivity (Wildman–Crippen MR) is 99.5 cm³/mol. The zero-order valence-electron chi connectivity index (χ0n) is 15.4. The van der Waals surface area contributed by atoms with E-state index in [1.165, 1.54) is 6.42 Å². The third-order valence-corrected chi connectivity index (χ3v) is 6.13. The average molecular weight is 370 g/mol. The molecule has 0 bridgehead atoms. The summed E-state index contributed by atoms with van der Waals surface area (Å²) in [5.41, 5.74) is 8.54. The Morgan fingerprint density at radius 2 is 2.04 bits per heavy atom. The Hall–Kier alpha value is -2.25. The zero-order valence-corrected chi connectivity index (χ0v) is 15.4. The molecule has 3 aliphatic rings. The van der Waals surface area contributed by atoms with Gasteiger partial charge in [-0.25, -0.2) is 0 Å². The van der Waals surface area contributed by atoms with Gasteiger partial charge in [0.1, 0.15) is 6.04 Å². The summed E-state index contributed by atoms with van der Waals surface area (Å²) in [7, 11) is 0. The van der Waals surface area contributed by atoms with E-state index in [4.69, 9.17) is 5.73 Å². The van der Waals surface area contributed by atoms with E-state index in [1.54, 1.807) is 4.90 Å². The summed E-state index contributed by atoms with van der Waals surface area (Å²) in [4.78, 5) is 38.0. The molecule has 3 amide bonds. The Morgan fingerprint density at radius 3 is 2.78 bits per heavy atom. The number of carbonyl (C=O) groups is 3. The fourth-order valence-electron chi connectivity index (χ4n) is 4.54. The standard InChI is InChI=1S/C20H26N4O3/c21-9-12-4-5-14(8-12)22-10-13-2-1-3-15-16(13)11-24(20(15)27)17-6-7-18(25)23-19(17)26/h1-3,12,14,17,22H,4-11,21H2,(H,23,25,26). The van der Waals surface area contributed by atoms with Crippen molar-refractivity contribution in [2.45, 2.75) is 57.3 Å². The summed E-state index contributed by atoms with van der Waals surface area (Å²) in [6.07, 6.45) is 4.07. The molecule has 1 aromatic rings. The molecule has 144 valence electrons. The van der Waals surface area contributed by atoms with Gasteiger partial charge in [-0.15, -0.1) is 0 Å². The van der Waals surface area contributed by atoms with E-state index in [9.17, 15) is 14.4 Å². The number of carbonyl (C=O) groups excluding carboxylic acids is 3. The van der Waals surface area contributed by atoms with Crippen LogP contribution in [0.1, 0.15) is 53.6 Å². The van der Waals surface area contributed by atoms with Gasteiger partial charge in [-0.05, 0) is 55.3 Å². The van der Waals surface area contributed by atoms with Gasteiger partial charge < -0.3 is 16.0 Å². The second-order valence-electron chi connectivity index (χ2n) is 7.84. The van der Waals surface area contributed by atoms with Crippen LogP contribution in [-0.2, 0) is 22.7 Å². The minimum Gasteiger partial charge on any atom is -0.330 e. The first-order chi connectivity index (χ1) is 13.1. The van der Waals surface area contributed by atoms with Crippen LogP contribution in [-0.4, -0.2) is 41.2 Å². The van der Waals surface area contributed by atoms with Gasteiger partial charge in [0.2, 0.25) is 11.8 Å². The van der Waals surface area contributed by atoms with Crippen LogP contribution in [0.25, 0.3) is 0 Å². The number of benzene rings is 1. The highest BCUT2D eigenvalue weighted by atomic mass is 16.2. The molecule has 3 atom stereocenters. The summed E-state index contributed by atoms with van der Waals surface area (Å²) < 4.78 is 0. The number of rotatable bonds is 5. The van der Waals surface area contributed by atoms with Crippen molar-refractivity contribution in [3.8, 4) is 0 Å². The van der Waals surface area contributed by atoms with Gasteiger partial charge >= 0.3 is 0 Å². The molecule has 27 heavy (non-hydrogen) atoms. The maximum Gasteiger partial charge on any atom is 0.255 e. The number of hydrogen-bond donors (Lipinski definition) is 3. The number of amides is 3. The quantitative estimate of drug-likeness (QED) is 0.661. The summed E-state index contributed by atoms with van der Waals surface area (Å²) in [5, 5.41) is 5.95. The monoisotopic (exact) mass is 370 g/mol. The van der Waals surface area contributed by atoms with Crippen molar-refractivity contribution in [3.63, 3.8) is 0 Å². The molecule has 0 aromatic heterocycles. The molecule has 2 heterocycles. The lowest BCUT2D eigenvalue weighted by atomic mass is 10.0. The topological polar surface area (TPSA) is 105 Å². The molecule has 3 unspecified atom stereocenters. The summed E-state index contributed by atoms with van der Waals surface area (Å²) in [5.74, 6) is -0.150. The molecular formula is C20H26N4O3. The molecule has 2 fully saturated rings. The molecular weight excluding hydrogens is 344 g/mol. The van der Waals surface area contributed by atoms with Gasteiger partial charge in [-0.3, -0.25) is 19.7 Å². The Bertz CT molecular complexity index is 778. The lowest BCUT2D eigenvalue weighted by Crippen LogP contribution is -2.52. The number of imide groups is 1. The lowest BCUT2D eigenvalue weighted by Gasteiger charge is -2.29. The third kappa shape index (κ3) is 3.49. The van der Waals surface area contributed by atoms with Gasteiger partial charge in [-0.2, -0.15) is 0 Å². The van der Waals surface area contributed by atoms with Crippen molar-refractivity contribution in [3.05, 3.63) is 34.9 Å². The summed E-state index contributed by atoms with van der Waals surface area (Å²) in [6, 6.07) is 5.68. The van der Waals surface area contributed by atoms with Crippen LogP contribution in [0.3, 0.4) is 0 Å². The average Bonchev–Trinajstić information content (AvgIpc) is 3.25. The number of nitrogens with zero attached hydrogens (tertiary/aromatic N) is 1. The molecule has 1 aromatic carbocycles. The van der Waals surface area contributed by atoms with Gasteiger partial charge in [0, 0.05) is 31.1 Å². The van der Waals surface area contributed by atoms with E-state index < -0.39 is 6.04 Å². The Morgan fingerprint density at radius 1 is 1.19 bits per heavy atom. The van der Waals surface area contributed by atoms with E-state index in [0.717, 1.165) is 30.5 Å². The molecule has 4 N–H and O–H groups in total. The first kappa shape index (κ1) is 18.1. The van der Waals surface area contributed by atoms with Crippen molar-refractivity contribution < 1.29 is 14.4 Å². The van der Waals surface area contributed by atoms with Gasteiger partial charge in [0.05, 0.1) is 0 Å². The maximum absolute atomic E-state index is 12.8. The Kier molecular flexibility index (Phi) is 4.97. The number of hydrogen-bond acceptors (Lipinski definition) is 5. The minimum absolute atomic E-state index is 0.120. The second kappa shape index (κ2) is 7.40. The highest BCUT2D eigenvalue weighted by Crippen LogP contribution is 2.30. The molecule has 1 saturated carbocycles. The second-order valence-corrected chi connectivity index (χ2v) is 7.84. The lowest BCUT2D eigenvalue weighted by molar-refractivity contribution is -0.136. The van der Waals surface area contributed by atoms with Crippen LogP contribution >= 0.6 is 0 Å². The van der Waals surface area contributed by atoms with Gasteiger partial charge in [-0.1, -0.05) is 12.1 Å². The normalized spacial score (nSPS) is 27.8. The SMILES string of the molecule is NCC1CCC(NCc2cccc3c2CN(C2CCC(=O)NC2=O)C3=O)C1. The molecule has 0 spiro atoms. The van der Waals surface area contributed by atoms with Crippen molar-refractivity contribution in [2.24, 2.45) is 11.7 Å². The Labute approximate surface area is 158 Å². The molecule has 2 aliphatic heterocycles. The fourth-order valence-corrected chi connectivity index (χ4v) is 4.54. The van der Waals surface area contributed by atoms with Crippen molar-refractivity contribution in [1.29, 1.82) is 0 Å². The first-order valence-corrected chi connectivity index (χ1v) is 9.75. The van der Waals surface area contributed by atoms with Crippen molar-refractivity contribution >= 4 is 17.7 Å². The molecule has 7 heteroatoms. The van der Waals surface area contributed by atoms with Crippen molar-refractivity contribution in [1.82, 2.24) is 15.5 Å². The van der Waals surface area contributed by atoms with Crippen LogP contribution in [0.4, 0.5) is 0 Å².